The van der Waals surface area contributed by atoms with Crippen molar-refractivity contribution in [2.75, 3.05) is 11.9 Å². The van der Waals surface area contributed by atoms with Gasteiger partial charge >= 0.3 is 6.03 Å². The molecule has 1 rings (SSSR count). The zero-order valence-corrected chi connectivity index (χ0v) is 11.5. The molecule has 0 bridgehead atoms. The number of amides is 2. The van der Waals surface area contributed by atoms with Gasteiger partial charge in [-0.3, -0.25) is 0 Å². The number of nitriles is 1. The zero-order chi connectivity index (χ0) is 15.1. The van der Waals surface area contributed by atoms with Gasteiger partial charge in [-0.2, -0.15) is 5.26 Å². The molecule has 5 nitrogen and oxygen atoms in total. The highest BCUT2D eigenvalue weighted by Crippen LogP contribution is 2.13. The quantitative estimate of drug-likeness (QED) is 0.772. The van der Waals surface area contributed by atoms with Gasteiger partial charge in [0.05, 0.1) is 11.7 Å². The Bertz CT molecular complexity index is 512. The molecule has 20 heavy (non-hydrogen) atoms. The van der Waals surface area contributed by atoms with Gasteiger partial charge in [-0.05, 0) is 30.5 Å². The second-order valence-electron chi connectivity index (χ2n) is 4.92. The highest BCUT2D eigenvalue weighted by molar-refractivity contribution is 5.89. The van der Waals surface area contributed by atoms with Gasteiger partial charge in [0.15, 0.2) is 0 Å². The molecule has 0 aliphatic rings. The van der Waals surface area contributed by atoms with E-state index in [0.29, 0.717) is 18.0 Å². The Balaban J connectivity index is 2.49. The molecule has 1 aromatic carbocycles. The van der Waals surface area contributed by atoms with Gasteiger partial charge in [0.1, 0.15) is 11.9 Å². The number of rotatable bonds is 5. The molecule has 0 heterocycles. The lowest BCUT2D eigenvalue weighted by Gasteiger charge is -2.14. The maximum absolute atomic E-state index is 13.1. The molecular weight excluding hydrogens is 261 g/mol. The lowest BCUT2D eigenvalue weighted by atomic mass is 10.1. The fourth-order valence-corrected chi connectivity index (χ4v) is 1.70. The summed E-state index contributed by atoms with van der Waals surface area (Å²) in [6.07, 6.45) is -0.0151. The monoisotopic (exact) mass is 279 g/mol. The van der Waals surface area contributed by atoms with Crippen LogP contribution in [-0.2, 0) is 0 Å². The van der Waals surface area contributed by atoms with Crippen LogP contribution >= 0.6 is 0 Å². The number of carbonyl (C=O) groups is 1. The summed E-state index contributed by atoms with van der Waals surface area (Å²) in [5.74, 6) is -0.295. The van der Waals surface area contributed by atoms with E-state index in [-0.39, 0.29) is 12.1 Å². The van der Waals surface area contributed by atoms with Crippen molar-refractivity contribution in [3.8, 4) is 6.07 Å². The van der Waals surface area contributed by atoms with E-state index in [9.17, 15) is 14.3 Å². The van der Waals surface area contributed by atoms with Crippen molar-refractivity contribution in [3.05, 3.63) is 29.6 Å². The molecule has 1 unspecified atom stereocenters. The molecule has 1 aromatic rings. The van der Waals surface area contributed by atoms with Crippen molar-refractivity contribution in [2.24, 2.45) is 5.92 Å². The lowest BCUT2D eigenvalue weighted by molar-refractivity contribution is 0.148. The molecule has 2 amide bonds. The van der Waals surface area contributed by atoms with Gasteiger partial charge in [-0.1, -0.05) is 13.8 Å². The molecule has 108 valence electrons. The van der Waals surface area contributed by atoms with E-state index in [1.807, 2.05) is 13.8 Å². The first-order chi connectivity index (χ1) is 9.42. The molecule has 0 aliphatic carbocycles. The molecule has 1 atom stereocenters. The van der Waals surface area contributed by atoms with Crippen molar-refractivity contribution in [1.29, 1.82) is 5.26 Å². The number of hydrogen-bond donors (Lipinski definition) is 3. The molecule has 0 radical (unpaired) electrons. The topological polar surface area (TPSA) is 85.2 Å². The number of aliphatic hydroxyl groups is 1. The van der Waals surface area contributed by atoms with Gasteiger partial charge in [0.25, 0.3) is 0 Å². The Hall–Kier alpha value is -2.13. The third-order valence-corrected chi connectivity index (χ3v) is 2.59. The van der Waals surface area contributed by atoms with Crippen LogP contribution in [0.15, 0.2) is 18.2 Å². The Morgan fingerprint density at radius 1 is 1.50 bits per heavy atom. The fraction of sp³-hybridized carbons (Fsp3) is 0.429. The van der Waals surface area contributed by atoms with Gasteiger partial charge in [0.2, 0.25) is 0 Å². The number of nitrogens with zero attached hydrogens (tertiary/aromatic N) is 1. The number of aliphatic hydroxyl groups excluding tert-OH is 1. The van der Waals surface area contributed by atoms with Crippen molar-refractivity contribution < 1.29 is 14.3 Å². The van der Waals surface area contributed by atoms with E-state index in [1.54, 1.807) is 6.07 Å². The van der Waals surface area contributed by atoms with Crippen LogP contribution < -0.4 is 10.6 Å². The Morgan fingerprint density at radius 3 is 2.80 bits per heavy atom. The van der Waals surface area contributed by atoms with Crippen LogP contribution in [0.4, 0.5) is 14.9 Å². The minimum atomic E-state index is -0.634. The maximum Gasteiger partial charge on any atom is 0.319 e. The highest BCUT2D eigenvalue weighted by atomic mass is 19.1. The van der Waals surface area contributed by atoms with E-state index in [4.69, 9.17) is 5.26 Å². The Labute approximate surface area is 117 Å². The number of hydrogen-bond acceptors (Lipinski definition) is 3. The Morgan fingerprint density at radius 2 is 2.20 bits per heavy atom. The van der Waals surface area contributed by atoms with Crippen LogP contribution in [0.5, 0.6) is 0 Å². The summed E-state index contributed by atoms with van der Waals surface area (Å²) in [5, 5.41) is 23.3. The van der Waals surface area contributed by atoms with E-state index in [1.165, 1.54) is 12.1 Å². The van der Waals surface area contributed by atoms with Gasteiger partial charge in [-0.25, -0.2) is 9.18 Å². The first kappa shape index (κ1) is 15.9. The first-order valence-corrected chi connectivity index (χ1v) is 6.35. The normalized spacial score (nSPS) is 11.8. The summed E-state index contributed by atoms with van der Waals surface area (Å²) in [6, 6.07) is 4.91. The standard InChI is InChI=1S/C14H18FN3O2/c1-9(2)5-12(19)8-17-14(20)18-11-3-4-13(15)10(6-11)7-16/h3-4,6,9,12,19H,5,8H2,1-2H3,(H2,17,18,20). The number of nitrogens with one attached hydrogen (secondary N) is 2. The lowest BCUT2D eigenvalue weighted by Crippen LogP contribution is -2.35. The van der Waals surface area contributed by atoms with Crippen LogP contribution in [0, 0.1) is 23.1 Å². The molecule has 0 saturated carbocycles. The van der Waals surface area contributed by atoms with Crippen molar-refractivity contribution in [1.82, 2.24) is 5.32 Å². The van der Waals surface area contributed by atoms with Crippen LogP contribution in [0.3, 0.4) is 0 Å². The van der Waals surface area contributed by atoms with Crippen molar-refractivity contribution in [3.63, 3.8) is 0 Å². The largest absolute Gasteiger partial charge is 0.391 e. The molecular formula is C14H18FN3O2. The van der Waals surface area contributed by atoms with E-state index in [2.05, 4.69) is 10.6 Å². The summed E-state index contributed by atoms with van der Waals surface area (Å²) in [6.45, 7) is 4.09. The van der Waals surface area contributed by atoms with Gasteiger partial charge < -0.3 is 15.7 Å². The van der Waals surface area contributed by atoms with E-state index >= 15 is 0 Å². The van der Waals surface area contributed by atoms with Crippen LogP contribution in [0.1, 0.15) is 25.8 Å². The molecule has 0 fully saturated rings. The van der Waals surface area contributed by atoms with Gasteiger partial charge in [0, 0.05) is 12.2 Å². The minimum absolute atomic E-state index is 0.135. The molecule has 0 aliphatic heterocycles. The fourth-order valence-electron chi connectivity index (χ4n) is 1.70. The third kappa shape index (κ3) is 5.24. The number of urea groups is 1. The summed E-state index contributed by atoms with van der Waals surface area (Å²) in [4.78, 5) is 11.6. The molecule has 0 aromatic heterocycles. The van der Waals surface area contributed by atoms with Crippen molar-refractivity contribution in [2.45, 2.75) is 26.4 Å². The SMILES string of the molecule is CC(C)CC(O)CNC(=O)Nc1ccc(F)c(C#N)c1. The number of halogens is 1. The summed E-state index contributed by atoms with van der Waals surface area (Å²) in [7, 11) is 0. The summed E-state index contributed by atoms with van der Waals surface area (Å²) >= 11 is 0. The maximum atomic E-state index is 13.1. The molecule has 0 spiro atoms. The second-order valence-corrected chi connectivity index (χ2v) is 4.92. The number of anilines is 1. The predicted octanol–water partition coefficient (Wildman–Crippen LogP) is 2.23. The average molecular weight is 279 g/mol. The molecule has 6 heteroatoms. The summed E-state index contributed by atoms with van der Waals surface area (Å²) < 4.78 is 13.1. The van der Waals surface area contributed by atoms with Gasteiger partial charge in [-0.15, -0.1) is 0 Å². The highest BCUT2D eigenvalue weighted by Gasteiger charge is 2.10. The smallest absolute Gasteiger partial charge is 0.319 e. The van der Waals surface area contributed by atoms with Crippen LogP contribution in [-0.4, -0.2) is 23.8 Å². The van der Waals surface area contributed by atoms with E-state index < -0.39 is 18.0 Å². The van der Waals surface area contributed by atoms with E-state index in [0.717, 1.165) is 6.07 Å². The average Bonchev–Trinajstić information content (AvgIpc) is 2.38. The predicted molar refractivity (Wildman–Crippen MR) is 73.6 cm³/mol. The molecule has 3 N–H and O–H groups in total. The number of carbonyl (C=O) groups excluding carboxylic acids is 1. The second kappa shape index (κ2) is 7.46. The van der Waals surface area contributed by atoms with Crippen LogP contribution in [0.25, 0.3) is 0 Å². The number of benzene rings is 1. The summed E-state index contributed by atoms with van der Waals surface area (Å²) in [5.41, 5.74) is 0.182. The van der Waals surface area contributed by atoms with Crippen LogP contribution in [0.2, 0.25) is 0 Å². The zero-order valence-electron chi connectivity index (χ0n) is 11.5. The third-order valence-electron chi connectivity index (χ3n) is 2.59. The Kier molecular flexibility index (Phi) is 5.94. The van der Waals surface area contributed by atoms with Crippen molar-refractivity contribution >= 4 is 11.7 Å². The first-order valence-electron chi connectivity index (χ1n) is 6.35. The minimum Gasteiger partial charge on any atom is -0.391 e. The molecule has 0 saturated heterocycles.